The van der Waals surface area contributed by atoms with Gasteiger partial charge >= 0.3 is 0 Å². The molecule has 0 bridgehead atoms. The smallest absolute Gasteiger partial charge is 0.287 e. The van der Waals surface area contributed by atoms with Crippen LogP contribution in [0.15, 0.2) is 28.1 Å². The van der Waals surface area contributed by atoms with Gasteiger partial charge in [0, 0.05) is 23.6 Å². The normalized spacial score (nSPS) is 11.6. The lowest BCUT2D eigenvalue weighted by Gasteiger charge is -2.09. The molecule has 0 aromatic carbocycles. The van der Waals surface area contributed by atoms with Gasteiger partial charge in [-0.3, -0.25) is 4.79 Å². The summed E-state index contributed by atoms with van der Waals surface area (Å²) in [7, 11) is 0. The highest BCUT2D eigenvalue weighted by molar-refractivity contribution is 7.98. The summed E-state index contributed by atoms with van der Waals surface area (Å²) >= 11 is 2.61. The Morgan fingerprint density at radius 1 is 1.60 bits per heavy atom. The van der Waals surface area contributed by atoms with Gasteiger partial charge in [-0.25, -0.2) is 9.97 Å². The third-order valence-electron chi connectivity index (χ3n) is 2.38. The Morgan fingerprint density at radius 2 is 2.35 bits per heavy atom. The topological polar surface area (TPSA) is 58.6 Å². The Morgan fingerprint density at radius 3 is 3.00 bits per heavy atom. The standard InChI is InChI=1S/C12H11F2N3OS2/c1-3-7-8(20-6-15-7)5-19-11-16-9(12(2,13)14)4-10(18)17-11/h3-4,6H,1,5H2,2H3,(H,16,17,18). The number of thioether (sulfide) groups is 1. The van der Waals surface area contributed by atoms with Gasteiger partial charge in [0.05, 0.1) is 11.2 Å². The number of hydrogen-bond donors (Lipinski definition) is 1. The van der Waals surface area contributed by atoms with Crippen LogP contribution in [0.4, 0.5) is 8.78 Å². The Kier molecular flexibility index (Phi) is 4.34. The molecule has 0 radical (unpaired) electrons. The second-order valence-electron chi connectivity index (χ2n) is 3.98. The number of nitrogens with zero attached hydrogens (tertiary/aromatic N) is 2. The van der Waals surface area contributed by atoms with Gasteiger partial charge in [0.25, 0.3) is 11.5 Å². The van der Waals surface area contributed by atoms with E-state index in [2.05, 4.69) is 21.5 Å². The fraction of sp³-hybridized carbons (Fsp3) is 0.250. The molecule has 4 nitrogen and oxygen atoms in total. The van der Waals surface area contributed by atoms with E-state index in [9.17, 15) is 13.6 Å². The number of hydrogen-bond acceptors (Lipinski definition) is 5. The maximum absolute atomic E-state index is 13.2. The average Bonchev–Trinajstić information content (AvgIpc) is 2.82. The maximum atomic E-state index is 13.2. The molecule has 1 N–H and O–H groups in total. The highest BCUT2D eigenvalue weighted by atomic mass is 32.2. The molecule has 106 valence electrons. The third-order valence-corrected chi connectivity index (χ3v) is 4.31. The number of rotatable bonds is 5. The second-order valence-corrected chi connectivity index (χ2v) is 5.88. The van der Waals surface area contributed by atoms with Crippen LogP contribution in [0.25, 0.3) is 6.08 Å². The first-order chi connectivity index (χ1) is 9.40. The Hall–Kier alpha value is -1.54. The van der Waals surface area contributed by atoms with E-state index in [0.717, 1.165) is 16.6 Å². The van der Waals surface area contributed by atoms with Gasteiger partial charge in [-0.2, -0.15) is 8.78 Å². The minimum absolute atomic E-state index is 0.164. The summed E-state index contributed by atoms with van der Waals surface area (Å²) in [6.45, 7) is 4.35. The van der Waals surface area contributed by atoms with E-state index in [0.29, 0.717) is 12.7 Å². The second kappa shape index (κ2) is 5.84. The summed E-state index contributed by atoms with van der Waals surface area (Å²) in [5, 5.41) is 0.164. The van der Waals surface area contributed by atoms with Crippen molar-refractivity contribution in [1.29, 1.82) is 0 Å². The van der Waals surface area contributed by atoms with Gasteiger partial charge < -0.3 is 4.98 Å². The monoisotopic (exact) mass is 315 g/mol. The lowest BCUT2D eigenvalue weighted by atomic mass is 10.3. The Balaban J connectivity index is 2.20. The van der Waals surface area contributed by atoms with Crippen LogP contribution in [0.1, 0.15) is 23.2 Å². The zero-order valence-corrected chi connectivity index (χ0v) is 12.2. The molecule has 0 unspecified atom stereocenters. The first-order valence-corrected chi connectivity index (χ1v) is 7.44. The van der Waals surface area contributed by atoms with Crippen LogP contribution < -0.4 is 5.56 Å². The highest BCUT2D eigenvalue weighted by Gasteiger charge is 2.27. The highest BCUT2D eigenvalue weighted by Crippen LogP contribution is 2.27. The van der Waals surface area contributed by atoms with Gasteiger partial charge in [-0.05, 0) is 6.08 Å². The van der Waals surface area contributed by atoms with Crippen LogP contribution in [0.3, 0.4) is 0 Å². The predicted molar refractivity (Wildman–Crippen MR) is 76.2 cm³/mol. The number of halogens is 2. The number of nitrogens with one attached hydrogen (secondary N) is 1. The maximum Gasteiger partial charge on any atom is 0.287 e. The lowest BCUT2D eigenvalue weighted by molar-refractivity contribution is 0.0118. The van der Waals surface area contributed by atoms with Gasteiger partial charge in [-0.15, -0.1) is 11.3 Å². The molecular weight excluding hydrogens is 304 g/mol. The van der Waals surface area contributed by atoms with Gasteiger partial charge in [0.1, 0.15) is 5.69 Å². The molecule has 2 aromatic heterocycles. The molecule has 0 aliphatic carbocycles. The van der Waals surface area contributed by atoms with E-state index < -0.39 is 17.2 Å². The summed E-state index contributed by atoms with van der Waals surface area (Å²) in [5.41, 5.74) is 1.31. The molecule has 2 rings (SSSR count). The van der Waals surface area contributed by atoms with E-state index >= 15 is 0 Å². The van der Waals surface area contributed by atoms with Gasteiger partial charge in [-0.1, -0.05) is 18.3 Å². The quantitative estimate of drug-likeness (QED) is 0.679. The van der Waals surface area contributed by atoms with Crippen LogP contribution in [-0.4, -0.2) is 15.0 Å². The molecule has 0 fully saturated rings. The van der Waals surface area contributed by atoms with Crippen molar-refractivity contribution >= 4 is 29.2 Å². The van der Waals surface area contributed by atoms with Crippen molar-refractivity contribution < 1.29 is 8.78 Å². The van der Waals surface area contributed by atoms with Gasteiger partial charge in [0.15, 0.2) is 5.16 Å². The first-order valence-electron chi connectivity index (χ1n) is 5.57. The summed E-state index contributed by atoms with van der Waals surface area (Å²) < 4.78 is 26.4. The van der Waals surface area contributed by atoms with Crippen molar-refractivity contribution in [2.24, 2.45) is 0 Å². The third kappa shape index (κ3) is 3.51. The average molecular weight is 315 g/mol. The molecule has 2 aromatic rings. The van der Waals surface area contributed by atoms with E-state index in [1.54, 1.807) is 11.6 Å². The zero-order chi connectivity index (χ0) is 14.8. The van der Waals surface area contributed by atoms with Crippen molar-refractivity contribution in [2.45, 2.75) is 23.8 Å². The van der Waals surface area contributed by atoms with Crippen LogP contribution in [0.2, 0.25) is 0 Å². The van der Waals surface area contributed by atoms with Gasteiger partial charge in [0.2, 0.25) is 0 Å². The summed E-state index contributed by atoms with van der Waals surface area (Å²) in [6.07, 6.45) is 1.62. The van der Waals surface area contributed by atoms with Crippen molar-refractivity contribution in [2.75, 3.05) is 0 Å². The van der Waals surface area contributed by atoms with Crippen LogP contribution in [0, 0.1) is 0 Å². The van der Waals surface area contributed by atoms with Crippen molar-refractivity contribution in [3.8, 4) is 0 Å². The summed E-state index contributed by atoms with van der Waals surface area (Å²) in [6, 6.07) is 0.811. The molecular formula is C12H11F2N3OS2. The van der Waals surface area contributed by atoms with Crippen LogP contribution in [0.5, 0.6) is 0 Å². The minimum atomic E-state index is -3.14. The van der Waals surface area contributed by atoms with E-state index in [1.807, 2.05) is 0 Å². The number of thiazole rings is 1. The minimum Gasteiger partial charge on any atom is -0.301 e. The van der Waals surface area contributed by atoms with E-state index in [-0.39, 0.29) is 5.16 Å². The Bertz CT molecular complexity index is 676. The molecule has 20 heavy (non-hydrogen) atoms. The number of aromatic nitrogens is 3. The van der Waals surface area contributed by atoms with Crippen molar-refractivity contribution in [1.82, 2.24) is 15.0 Å². The molecule has 0 aliphatic heterocycles. The van der Waals surface area contributed by atoms with Crippen LogP contribution >= 0.6 is 23.1 Å². The van der Waals surface area contributed by atoms with Crippen LogP contribution in [-0.2, 0) is 11.7 Å². The number of alkyl halides is 2. The molecule has 0 atom stereocenters. The summed E-state index contributed by atoms with van der Waals surface area (Å²) in [5.74, 6) is -2.66. The van der Waals surface area contributed by atoms with E-state index in [4.69, 9.17) is 0 Å². The van der Waals surface area contributed by atoms with E-state index in [1.165, 1.54) is 23.1 Å². The molecule has 0 aliphatic rings. The Labute approximate surface area is 122 Å². The predicted octanol–water partition coefficient (Wildman–Crippen LogP) is 3.27. The molecule has 0 spiro atoms. The fourth-order valence-corrected chi connectivity index (χ4v) is 3.17. The molecule has 2 heterocycles. The fourth-order valence-electron chi connectivity index (χ4n) is 1.42. The molecule has 8 heteroatoms. The first kappa shape index (κ1) is 14.9. The number of H-pyrrole nitrogens is 1. The largest absolute Gasteiger partial charge is 0.301 e. The lowest BCUT2D eigenvalue weighted by Crippen LogP contribution is -2.17. The molecule has 0 saturated heterocycles. The number of aromatic amines is 1. The summed E-state index contributed by atoms with van der Waals surface area (Å²) in [4.78, 5) is 22.6. The molecule has 0 amide bonds. The van der Waals surface area contributed by atoms with Crippen molar-refractivity contribution in [3.63, 3.8) is 0 Å². The zero-order valence-electron chi connectivity index (χ0n) is 10.5. The molecule has 0 saturated carbocycles. The SMILES string of the molecule is C=Cc1ncsc1CSc1nc(C(C)(F)F)cc(=O)[nH]1. The van der Waals surface area contributed by atoms with Crippen molar-refractivity contribution in [3.05, 3.63) is 44.8 Å².